The molecule has 0 saturated carbocycles. The summed E-state index contributed by atoms with van der Waals surface area (Å²) in [5, 5.41) is 3.00. The summed E-state index contributed by atoms with van der Waals surface area (Å²) in [5.74, 6) is -0.191. The molecular weight excluding hydrogens is 408 g/mol. The number of hydrogen-bond acceptors (Lipinski definition) is 4. The largest absolute Gasteiger partial charge is 0.322 e. The molecule has 0 spiro atoms. The maximum Gasteiger partial charge on any atom is 0.255 e. The van der Waals surface area contributed by atoms with E-state index in [4.69, 9.17) is 17.3 Å². The van der Waals surface area contributed by atoms with E-state index in [9.17, 15) is 4.79 Å². The van der Waals surface area contributed by atoms with E-state index in [-0.39, 0.29) is 5.91 Å². The zero-order valence-electron chi connectivity index (χ0n) is 17.8. The van der Waals surface area contributed by atoms with Gasteiger partial charge >= 0.3 is 0 Å². The van der Waals surface area contributed by atoms with Gasteiger partial charge in [0.1, 0.15) is 5.50 Å². The molecule has 1 aliphatic heterocycles. The normalized spacial score (nSPS) is 15.5. The lowest BCUT2D eigenvalue weighted by Crippen LogP contribution is -2.30. The van der Waals surface area contributed by atoms with Crippen molar-refractivity contribution in [3.63, 3.8) is 0 Å². The zero-order valence-corrected chi connectivity index (χ0v) is 18.5. The van der Waals surface area contributed by atoms with E-state index < -0.39 is 11.0 Å². The van der Waals surface area contributed by atoms with Gasteiger partial charge in [-0.15, -0.1) is 0 Å². The van der Waals surface area contributed by atoms with Crippen molar-refractivity contribution < 1.29 is 4.79 Å². The summed E-state index contributed by atoms with van der Waals surface area (Å²) in [7, 11) is 0. The lowest BCUT2D eigenvalue weighted by atomic mass is 9.94. The number of carbonyl (C=O) groups excluding carboxylic acids is 1. The van der Waals surface area contributed by atoms with Crippen molar-refractivity contribution in [2.24, 2.45) is 10.7 Å². The summed E-state index contributed by atoms with van der Waals surface area (Å²) < 4.78 is 0. The van der Waals surface area contributed by atoms with Gasteiger partial charge in [0.05, 0.1) is 11.4 Å². The minimum atomic E-state index is -0.522. The second kappa shape index (κ2) is 8.17. The molecule has 0 saturated heterocycles. The zero-order chi connectivity index (χ0) is 22.2. The minimum absolute atomic E-state index is 0.191. The fourth-order valence-electron chi connectivity index (χ4n) is 3.59. The van der Waals surface area contributed by atoms with Crippen molar-refractivity contribution in [1.29, 1.82) is 0 Å². The Kier molecular flexibility index (Phi) is 5.56. The van der Waals surface area contributed by atoms with Crippen LogP contribution in [-0.4, -0.2) is 17.6 Å². The highest BCUT2D eigenvalue weighted by Gasteiger charge is 2.25. The van der Waals surface area contributed by atoms with E-state index in [2.05, 4.69) is 10.3 Å². The number of amides is 1. The smallest absolute Gasteiger partial charge is 0.255 e. The van der Waals surface area contributed by atoms with Gasteiger partial charge in [0.2, 0.25) is 0 Å². The Hall–Kier alpha value is -3.15. The Morgan fingerprint density at radius 3 is 2.61 bits per heavy atom. The maximum absolute atomic E-state index is 12.9. The van der Waals surface area contributed by atoms with Gasteiger partial charge in [-0.3, -0.25) is 9.79 Å². The number of benzene rings is 3. The maximum atomic E-state index is 12.9. The van der Waals surface area contributed by atoms with Crippen LogP contribution in [0.15, 0.2) is 71.7 Å². The lowest BCUT2D eigenvalue weighted by molar-refractivity contribution is 0.102. The van der Waals surface area contributed by atoms with Crippen LogP contribution in [0.4, 0.5) is 22.7 Å². The molecule has 0 aliphatic carbocycles. The van der Waals surface area contributed by atoms with Crippen molar-refractivity contribution in [3.8, 4) is 0 Å². The molecule has 3 N–H and O–H groups in total. The first-order chi connectivity index (χ1) is 14.7. The van der Waals surface area contributed by atoms with E-state index >= 15 is 0 Å². The number of aryl methyl sites for hydroxylation is 1. The van der Waals surface area contributed by atoms with Crippen molar-refractivity contribution in [3.05, 3.63) is 83.4 Å². The molecule has 0 radical (unpaired) electrons. The van der Waals surface area contributed by atoms with Crippen molar-refractivity contribution in [2.75, 3.05) is 10.2 Å². The summed E-state index contributed by atoms with van der Waals surface area (Å²) in [6.07, 6.45) is 1.72. The third kappa shape index (κ3) is 4.33. The third-order valence-corrected chi connectivity index (χ3v) is 5.63. The van der Waals surface area contributed by atoms with Crippen LogP contribution >= 0.6 is 11.6 Å². The van der Waals surface area contributed by atoms with Crippen molar-refractivity contribution in [1.82, 2.24) is 0 Å². The number of alkyl halides is 1. The van der Waals surface area contributed by atoms with Gasteiger partial charge in [0.15, 0.2) is 0 Å². The van der Waals surface area contributed by atoms with E-state index in [0.717, 1.165) is 28.2 Å². The summed E-state index contributed by atoms with van der Waals surface area (Å²) in [4.78, 5) is 19.4. The quantitative estimate of drug-likeness (QED) is 0.400. The summed E-state index contributed by atoms with van der Waals surface area (Å²) in [6.45, 7) is 5.85. The number of carbonyl (C=O) groups is 1. The highest BCUT2D eigenvalue weighted by atomic mass is 35.5. The Bertz CT molecular complexity index is 1170. The number of nitrogens with zero attached hydrogens (tertiary/aromatic N) is 2. The van der Waals surface area contributed by atoms with Crippen LogP contribution in [0.25, 0.3) is 0 Å². The van der Waals surface area contributed by atoms with Gasteiger partial charge in [-0.1, -0.05) is 41.9 Å². The SMILES string of the molecule is Cc1ccc(NC(=O)c2cccc(C(C)(C)N)c2)cc1N1c2ccccc2N=CC1Cl. The molecule has 5 nitrogen and oxygen atoms in total. The first kappa shape index (κ1) is 21.1. The molecule has 31 heavy (non-hydrogen) atoms. The number of hydrogen-bond donors (Lipinski definition) is 2. The summed E-state index contributed by atoms with van der Waals surface area (Å²) in [5.41, 5.74) is 11.1. The highest BCUT2D eigenvalue weighted by Crippen LogP contribution is 2.41. The van der Waals surface area contributed by atoms with Crippen molar-refractivity contribution in [2.45, 2.75) is 31.8 Å². The van der Waals surface area contributed by atoms with Crippen LogP contribution in [0, 0.1) is 6.92 Å². The molecule has 0 aromatic heterocycles. The van der Waals surface area contributed by atoms with Gasteiger partial charge in [-0.05, 0) is 68.3 Å². The van der Waals surface area contributed by atoms with Crippen LogP contribution in [0.3, 0.4) is 0 Å². The molecule has 3 aromatic carbocycles. The number of anilines is 3. The minimum Gasteiger partial charge on any atom is -0.322 e. The van der Waals surface area contributed by atoms with Gasteiger partial charge in [-0.25, -0.2) is 0 Å². The Balaban J connectivity index is 1.65. The molecule has 3 aromatic rings. The molecule has 1 amide bonds. The number of para-hydroxylation sites is 2. The third-order valence-electron chi connectivity index (χ3n) is 5.32. The predicted molar refractivity (Wildman–Crippen MR) is 129 cm³/mol. The molecule has 0 fully saturated rings. The second-order valence-corrected chi connectivity index (χ2v) is 8.71. The van der Waals surface area contributed by atoms with Crippen LogP contribution in [-0.2, 0) is 5.54 Å². The number of halogens is 1. The molecular formula is C25H25ClN4O. The molecule has 1 unspecified atom stereocenters. The van der Waals surface area contributed by atoms with Crippen LogP contribution in [0.2, 0.25) is 0 Å². The monoisotopic (exact) mass is 432 g/mol. The standard InChI is InChI=1S/C25H25ClN4O/c1-16-11-12-19(29-24(31)17-7-6-8-18(13-17)25(2,3)27)14-22(16)30-21-10-5-4-9-20(21)28-15-23(30)26/h4-15,23H,27H2,1-3H3,(H,29,31). The van der Waals surface area contributed by atoms with E-state index in [0.29, 0.717) is 11.3 Å². The Labute approximate surface area is 187 Å². The number of rotatable bonds is 4. The van der Waals surface area contributed by atoms with Gasteiger partial charge in [-0.2, -0.15) is 0 Å². The second-order valence-electron chi connectivity index (χ2n) is 8.27. The van der Waals surface area contributed by atoms with E-state index in [1.807, 2.05) is 86.3 Å². The number of nitrogens with one attached hydrogen (secondary N) is 1. The molecule has 0 bridgehead atoms. The van der Waals surface area contributed by atoms with E-state index in [1.165, 1.54) is 0 Å². The summed E-state index contributed by atoms with van der Waals surface area (Å²) in [6, 6.07) is 21.0. The van der Waals surface area contributed by atoms with Crippen LogP contribution in [0.5, 0.6) is 0 Å². The average molecular weight is 433 g/mol. The molecule has 1 atom stereocenters. The molecule has 1 aliphatic rings. The number of nitrogens with two attached hydrogens (primary N) is 1. The lowest BCUT2D eigenvalue weighted by Gasteiger charge is -2.32. The average Bonchev–Trinajstić information content (AvgIpc) is 2.75. The molecule has 6 heteroatoms. The molecule has 158 valence electrons. The first-order valence-corrected chi connectivity index (χ1v) is 10.6. The fraction of sp³-hybridized carbons (Fsp3) is 0.200. The van der Waals surface area contributed by atoms with E-state index in [1.54, 1.807) is 12.3 Å². The number of fused-ring (bicyclic) bond motifs is 1. The summed E-state index contributed by atoms with van der Waals surface area (Å²) >= 11 is 6.61. The highest BCUT2D eigenvalue weighted by molar-refractivity contribution is 6.31. The van der Waals surface area contributed by atoms with Crippen LogP contribution in [0.1, 0.15) is 35.3 Å². The first-order valence-electron chi connectivity index (χ1n) is 10.1. The molecule has 1 heterocycles. The van der Waals surface area contributed by atoms with Gasteiger partial charge in [0.25, 0.3) is 5.91 Å². The molecule has 4 rings (SSSR count). The number of aliphatic imine (C=N–C) groups is 1. The fourth-order valence-corrected chi connectivity index (χ4v) is 3.86. The Morgan fingerprint density at radius 2 is 1.84 bits per heavy atom. The Morgan fingerprint density at radius 1 is 1.06 bits per heavy atom. The topological polar surface area (TPSA) is 70.7 Å². The van der Waals surface area contributed by atoms with Crippen molar-refractivity contribution >= 4 is 46.5 Å². The predicted octanol–water partition coefficient (Wildman–Crippen LogP) is 5.86. The van der Waals surface area contributed by atoms with Crippen LogP contribution < -0.4 is 16.0 Å². The van der Waals surface area contributed by atoms with Gasteiger partial charge < -0.3 is 16.0 Å². The van der Waals surface area contributed by atoms with Gasteiger partial charge in [0, 0.05) is 28.7 Å².